The Bertz CT molecular complexity index is 1240. The van der Waals surface area contributed by atoms with Gasteiger partial charge >= 0.3 is 4.87 Å². The maximum Gasteiger partial charge on any atom is 0.311 e. The third kappa shape index (κ3) is 3.06. The number of amides is 2. The van der Waals surface area contributed by atoms with Crippen molar-refractivity contribution in [2.24, 2.45) is 4.99 Å². The van der Waals surface area contributed by atoms with Crippen LogP contribution >= 0.6 is 11.3 Å². The number of carbonyl (C=O) groups is 2. The summed E-state index contributed by atoms with van der Waals surface area (Å²) < 4.78 is 0.944. The van der Waals surface area contributed by atoms with Crippen LogP contribution in [0.15, 0.2) is 64.4 Å². The smallest absolute Gasteiger partial charge is 0.311 e. The van der Waals surface area contributed by atoms with Crippen molar-refractivity contribution < 1.29 is 14.7 Å². The van der Waals surface area contributed by atoms with Crippen molar-refractivity contribution in [3.8, 4) is 5.88 Å². The van der Waals surface area contributed by atoms with Gasteiger partial charge in [-0.2, -0.15) is 0 Å². The van der Waals surface area contributed by atoms with Crippen molar-refractivity contribution in [1.29, 1.82) is 0 Å². The zero-order chi connectivity index (χ0) is 19.0. The van der Waals surface area contributed by atoms with Crippen LogP contribution in [0.2, 0.25) is 0 Å². The first kappa shape index (κ1) is 16.9. The molecule has 7 nitrogen and oxygen atoms in total. The summed E-state index contributed by atoms with van der Waals surface area (Å²) in [5.41, 5.74) is 0.756. The third-order valence-corrected chi connectivity index (χ3v) is 5.05. The van der Waals surface area contributed by atoms with Gasteiger partial charge in [0.15, 0.2) is 0 Å². The standard InChI is InChI=1S/C19H13N3O4S/c23-14(20-11-6-2-1-3-7-11)10-22-18(25)16(27-19(22)26)15-12-8-4-5-9-13(12)21-17(15)24/h1-9,25H,10H2,(H,20,23). The van der Waals surface area contributed by atoms with Crippen molar-refractivity contribution in [2.75, 3.05) is 5.32 Å². The van der Waals surface area contributed by atoms with Crippen LogP contribution in [0, 0.1) is 0 Å². The average molecular weight is 379 g/mol. The lowest BCUT2D eigenvalue weighted by Crippen LogP contribution is -2.24. The Morgan fingerprint density at radius 2 is 1.78 bits per heavy atom. The number of nitrogens with one attached hydrogen (secondary N) is 1. The number of benzene rings is 2. The van der Waals surface area contributed by atoms with E-state index in [1.165, 1.54) is 0 Å². The highest BCUT2D eigenvalue weighted by molar-refractivity contribution is 7.11. The topological polar surface area (TPSA) is 101 Å². The summed E-state index contributed by atoms with van der Waals surface area (Å²) in [7, 11) is 0. The fourth-order valence-corrected chi connectivity index (χ4v) is 3.78. The first-order chi connectivity index (χ1) is 13.0. The van der Waals surface area contributed by atoms with Gasteiger partial charge in [-0.25, -0.2) is 4.99 Å². The van der Waals surface area contributed by atoms with Gasteiger partial charge in [-0.3, -0.25) is 19.0 Å². The van der Waals surface area contributed by atoms with Crippen molar-refractivity contribution in [3.63, 3.8) is 0 Å². The SMILES string of the molecule is O=C(Cn1c(O)c(C2=c3ccccc3=NC2=O)sc1=O)Nc1ccccc1. The third-order valence-electron chi connectivity index (χ3n) is 4.06. The molecule has 0 saturated carbocycles. The van der Waals surface area contributed by atoms with Gasteiger partial charge in [0.2, 0.25) is 11.8 Å². The Balaban J connectivity index is 1.70. The molecule has 1 aliphatic heterocycles. The molecular formula is C19H13N3O4S. The number of hydrogen-bond donors (Lipinski definition) is 2. The van der Waals surface area contributed by atoms with E-state index in [-0.39, 0.29) is 17.0 Å². The van der Waals surface area contributed by atoms with E-state index in [2.05, 4.69) is 10.3 Å². The molecule has 0 bridgehead atoms. The first-order valence-electron chi connectivity index (χ1n) is 8.05. The van der Waals surface area contributed by atoms with Crippen LogP contribution in [0.1, 0.15) is 4.88 Å². The Labute approximate surface area is 156 Å². The van der Waals surface area contributed by atoms with Gasteiger partial charge in [0.05, 0.1) is 10.9 Å². The number of para-hydroxylation sites is 2. The molecule has 8 heteroatoms. The van der Waals surface area contributed by atoms with Crippen LogP contribution in [-0.4, -0.2) is 21.5 Å². The van der Waals surface area contributed by atoms with Gasteiger partial charge in [0.1, 0.15) is 11.4 Å². The summed E-state index contributed by atoms with van der Waals surface area (Å²) in [5.74, 6) is -1.40. The molecule has 0 unspecified atom stereocenters. The number of aromatic hydroxyl groups is 1. The molecule has 0 saturated heterocycles. The van der Waals surface area contributed by atoms with E-state index in [1.807, 2.05) is 6.07 Å². The minimum Gasteiger partial charge on any atom is -0.493 e. The minimum atomic E-state index is -0.532. The highest BCUT2D eigenvalue weighted by Gasteiger charge is 2.26. The second kappa shape index (κ2) is 6.65. The van der Waals surface area contributed by atoms with Gasteiger partial charge in [-0.15, -0.1) is 0 Å². The van der Waals surface area contributed by atoms with Crippen LogP contribution in [-0.2, 0) is 16.1 Å². The van der Waals surface area contributed by atoms with Gasteiger partial charge < -0.3 is 10.4 Å². The number of nitrogens with zero attached hydrogens (tertiary/aromatic N) is 2. The number of fused-ring (bicyclic) bond motifs is 1. The molecule has 2 N–H and O–H groups in total. The molecule has 27 heavy (non-hydrogen) atoms. The molecule has 1 aromatic heterocycles. The largest absolute Gasteiger partial charge is 0.493 e. The molecule has 2 heterocycles. The Hall–Kier alpha value is -3.52. The second-order valence-electron chi connectivity index (χ2n) is 5.83. The summed E-state index contributed by atoms with van der Waals surface area (Å²) in [6, 6.07) is 15.7. The Kier molecular flexibility index (Phi) is 4.17. The molecule has 0 aliphatic carbocycles. The van der Waals surface area contributed by atoms with Crippen LogP contribution in [0.5, 0.6) is 5.88 Å². The Morgan fingerprint density at radius 1 is 1.07 bits per heavy atom. The van der Waals surface area contributed by atoms with Gasteiger partial charge in [-0.05, 0) is 18.2 Å². The lowest BCUT2D eigenvalue weighted by molar-refractivity contribution is -0.117. The first-order valence-corrected chi connectivity index (χ1v) is 8.86. The van der Waals surface area contributed by atoms with Gasteiger partial charge in [0.25, 0.3) is 5.91 Å². The molecular weight excluding hydrogens is 366 g/mol. The predicted octanol–water partition coefficient (Wildman–Crippen LogP) is 0.613. The number of rotatable bonds is 4. The van der Waals surface area contributed by atoms with Gasteiger partial charge in [0, 0.05) is 10.9 Å². The van der Waals surface area contributed by atoms with E-state index in [4.69, 9.17) is 0 Å². The summed E-state index contributed by atoms with van der Waals surface area (Å²) in [4.78, 5) is 40.3. The number of anilines is 1. The summed E-state index contributed by atoms with van der Waals surface area (Å²) in [6.07, 6.45) is 0. The highest BCUT2D eigenvalue weighted by Crippen LogP contribution is 2.28. The Morgan fingerprint density at radius 3 is 2.56 bits per heavy atom. The number of thiazole rings is 1. The number of aromatic nitrogens is 1. The summed E-state index contributed by atoms with van der Waals surface area (Å²) in [5, 5.41) is 14.2. The maximum atomic E-state index is 12.3. The molecule has 2 aromatic carbocycles. The summed E-state index contributed by atoms with van der Waals surface area (Å²) in [6.45, 7) is -0.365. The van der Waals surface area contributed by atoms with Crippen LogP contribution in [0.4, 0.5) is 5.69 Å². The van der Waals surface area contributed by atoms with Crippen LogP contribution in [0.25, 0.3) is 5.57 Å². The summed E-state index contributed by atoms with van der Waals surface area (Å²) >= 11 is 0.713. The zero-order valence-corrected chi connectivity index (χ0v) is 14.7. The van der Waals surface area contributed by atoms with E-state index in [0.29, 0.717) is 27.6 Å². The predicted molar refractivity (Wildman–Crippen MR) is 100 cm³/mol. The fraction of sp³-hybridized carbons (Fsp3) is 0.0526. The van der Waals surface area contributed by atoms with Crippen molar-refractivity contribution in [2.45, 2.75) is 6.54 Å². The van der Waals surface area contributed by atoms with E-state index < -0.39 is 22.6 Å². The van der Waals surface area contributed by atoms with E-state index in [1.54, 1.807) is 48.5 Å². The molecule has 0 fully saturated rings. The lowest BCUT2D eigenvalue weighted by Gasteiger charge is -2.06. The van der Waals surface area contributed by atoms with E-state index >= 15 is 0 Å². The fourth-order valence-electron chi connectivity index (χ4n) is 2.85. The number of hydrogen-bond acceptors (Lipinski definition) is 5. The van der Waals surface area contributed by atoms with Crippen LogP contribution in [0.3, 0.4) is 0 Å². The van der Waals surface area contributed by atoms with Gasteiger partial charge in [-0.1, -0.05) is 47.7 Å². The quantitative estimate of drug-likeness (QED) is 0.694. The second-order valence-corrected chi connectivity index (χ2v) is 6.79. The highest BCUT2D eigenvalue weighted by atomic mass is 32.1. The van der Waals surface area contributed by atoms with Crippen molar-refractivity contribution in [1.82, 2.24) is 4.57 Å². The van der Waals surface area contributed by atoms with Crippen LogP contribution < -0.4 is 20.8 Å². The zero-order valence-electron chi connectivity index (χ0n) is 13.9. The van der Waals surface area contributed by atoms with Crippen molar-refractivity contribution >= 4 is 34.4 Å². The normalized spacial score (nSPS) is 12.6. The molecule has 0 radical (unpaired) electrons. The van der Waals surface area contributed by atoms with E-state index in [9.17, 15) is 19.5 Å². The average Bonchev–Trinajstić information content (AvgIpc) is 3.12. The lowest BCUT2D eigenvalue weighted by atomic mass is 10.1. The molecule has 2 amide bonds. The molecule has 1 aliphatic rings. The maximum absolute atomic E-state index is 12.3. The molecule has 0 atom stereocenters. The molecule has 134 valence electrons. The monoisotopic (exact) mass is 379 g/mol. The van der Waals surface area contributed by atoms with E-state index in [0.717, 1.165) is 4.57 Å². The minimum absolute atomic E-state index is 0.117. The molecule has 4 rings (SSSR count). The molecule has 0 spiro atoms. The molecule has 3 aromatic rings. The van der Waals surface area contributed by atoms with Crippen molar-refractivity contribution in [3.05, 3.63) is 79.7 Å². The number of carbonyl (C=O) groups excluding carboxylic acids is 2.